The van der Waals surface area contributed by atoms with Crippen molar-refractivity contribution in [2.45, 2.75) is 37.5 Å². The number of ether oxygens (including phenoxy) is 2. The van der Waals surface area contributed by atoms with Crippen molar-refractivity contribution < 1.29 is 27.8 Å². The average Bonchev–Trinajstić information content (AvgIpc) is 3.31. The first-order chi connectivity index (χ1) is 20.6. The molecule has 9 nitrogen and oxygen atoms in total. The Labute approximate surface area is 253 Å². The number of aliphatic hydroxyl groups excluding tert-OH is 1. The molecule has 1 aliphatic rings. The van der Waals surface area contributed by atoms with Crippen LogP contribution in [0.15, 0.2) is 77.7 Å². The van der Waals surface area contributed by atoms with Crippen molar-refractivity contribution in [3.05, 3.63) is 84.1 Å². The van der Waals surface area contributed by atoms with Crippen molar-refractivity contribution >= 4 is 26.8 Å². The van der Waals surface area contributed by atoms with E-state index in [4.69, 9.17) is 9.47 Å². The van der Waals surface area contributed by atoms with Gasteiger partial charge in [-0.05, 0) is 48.4 Å². The molecule has 3 atom stereocenters. The van der Waals surface area contributed by atoms with Crippen molar-refractivity contribution in [2.75, 3.05) is 33.9 Å². The third-order valence-electron chi connectivity index (χ3n) is 8.43. The number of carbonyl (C=O) groups excluding carboxylic acids is 1. The van der Waals surface area contributed by atoms with E-state index in [0.717, 1.165) is 27.6 Å². The molecule has 1 aliphatic heterocycles. The molecule has 5 rings (SSSR count). The molecule has 4 aromatic rings. The van der Waals surface area contributed by atoms with Crippen molar-refractivity contribution in [2.24, 2.45) is 13.0 Å². The van der Waals surface area contributed by atoms with Crippen LogP contribution in [0.25, 0.3) is 22.0 Å². The van der Waals surface area contributed by atoms with E-state index in [1.807, 2.05) is 74.0 Å². The van der Waals surface area contributed by atoms with Gasteiger partial charge in [0.25, 0.3) is 5.91 Å². The molecule has 43 heavy (non-hydrogen) atoms. The summed E-state index contributed by atoms with van der Waals surface area (Å²) in [4.78, 5) is 16.3. The van der Waals surface area contributed by atoms with Crippen LogP contribution in [0.2, 0.25) is 0 Å². The van der Waals surface area contributed by atoms with Gasteiger partial charge < -0.3 is 24.0 Å². The number of hydrogen-bond acceptors (Lipinski definition) is 6. The molecule has 10 heteroatoms. The minimum atomic E-state index is -3.83. The SMILES string of the molecule is COc1ccc(S(=O)(=O)N(C)C[C@@H]2OCc3ccccc3-c3c(n(C)c4ccccc34)C(=O)N([C@H](C)CO)C[C@H]2C)cc1. The number of aromatic nitrogens is 1. The van der Waals surface area contributed by atoms with Gasteiger partial charge in [-0.25, -0.2) is 8.42 Å². The van der Waals surface area contributed by atoms with Crippen molar-refractivity contribution in [3.63, 3.8) is 0 Å². The number of likely N-dealkylation sites (N-methyl/N-ethyl adjacent to an activating group) is 1. The standard InChI is InChI=1S/C33H39N3O6S/c1-22-18-36(23(2)20-37)33(38)32-31(28-12-8-9-13-29(28)35(32)4)27-11-7-6-10-24(27)21-42-30(22)19-34(3)43(39,40)26-16-14-25(41-5)15-17-26/h6-17,22-23,30,37H,18-21H2,1-5H3/t22-,23-,30+/m1/s1. The van der Waals surface area contributed by atoms with Crippen LogP contribution in [0.1, 0.15) is 29.9 Å². The number of aryl methyl sites for hydroxylation is 1. The Morgan fingerprint density at radius 2 is 1.74 bits per heavy atom. The van der Waals surface area contributed by atoms with Gasteiger partial charge in [0.15, 0.2) is 0 Å². The minimum absolute atomic E-state index is 0.0725. The zero-order valence-corrected chi connectivity index (χ0v) is 26.0. The first kappa shape index (κ1) is 30.7. The number of benzene rings is 3. The predicted molar refractivity (Wildman–Crippen MR) is 166 cm³/mol. The van der Waals surface area contributed by atoms with E-state index in [-0.39, 0.29) is 43.0 Å². The summed E-state index contributed by atoms with van der Waals surface area (Å²) in [5.74, 6) is 0.101. The number of fused-ring (bicyclic) bond motifs is 5. The van der Waals surface area contributed by atoms with E-state index in [1.54, 1.807) is 17.0 Å². The number of aliphatic hydroxyl groups is 1. The summed E-state index contributed by atoms with van der Waals surface area (Å²) < 4.78 is 42.0. The third kappa shape index (κ3) is 5.80. The summed E-state index contributed by atoms with van der Waals surface area (Å²) >= 11 is 0. The van der Waals surface area contributed by atoms with Crippen LogP contribution in [-0.2, 0) is 28.4 Å². The largest absolute Gasteiger partial charge is 0.497 e. The summed E-state index contributed by atoms with van der Waals surface area (Å²) in [6.45, 7) is 4.12. The van der Waals surface area contributed by atoms with Crippen LogP contribution in [0.4, 0.5) is 0 Å². The summed E-state index contributed by atoms with van der Waals surface area (Å²) in [5.41, 5.74) is 4.07. The van der Waals surface area contributed by atoms with Crippen LogP contribution < -0.4 is 4.74 Å². The quantitative estimate of drug-likeness (QED) is 0.332. The summed E-state index contributed by atoms with van der Waals surface area (Å²) in [6, 6.07) is 21.6. The van der Waals surface area contributed by atoms with Crippen molar-refractivity contribution in [1.82, 2.24) is 13.8 Å². The fraction of sp³-hybridized carbons (Fsp3) is 0.364. The number of nitrogens with zero attached hydrogens (tertiary/aromatic N) is 3. The zero-order valence-electron chi connectivity index (χ0n) is 25.2. The number of amides is 1. The normalized spacial score (nSPS) is 18.7. The molecule has 1 N–H and O–H groups in total. The number of para-hydroxylation sites is 1. The van der Waals surface area contributed by atoms with Crippen molar-refractivity contribution in [3.8, 4) is 16.9 Å². The Bertz CT molecular complexity index is 1720. The molecule has 1 aromatic heterocycles. The molecule has 0 spiro atoms. The van der Waals surface area contributed by atoms with Gasteiger partial charge in [0.2, 0.25) is 10.0 Å². The van der Waals surface area contributed by atoms with Crippen LogP contribution in [0, 0.1) is 5.92 Å². The highest BCUT2D eigenvalue weighted by Crippen LogP contribution is 2.38. The second-order valence-corrected chi connectivity index (χ2v) is 13.3. The third-order valence-corrected chi connectivity index (χ3v) is 10.3. The highest BCUT2D eigenvalue weighted by atomic mass is 32.2. The molecule has 0 unspecified atom stereocenters. The molecule has 0 radical (unpaired) electrons. The van der Waals surface area contributed by atoms with Gasteiger partial charge >= 0.3 is 0 Å². The van der Waals surface area contributed by atoms with Gasteiger partial charge in [0, 0.05) is 49.6 Å². The minimum Gasteiger partial charge on any atom is -0.497 e. The highest BCUT2D eigenvalue weighted by molar-refractivity contribution is 7.89. The topological polar surface area (TPSA) is 101 Å². The molecule has 0 bridgehead atoms. The molecule has 0 fully saturated rings. The Kier molecular flexibility index (Phi) is 8.94. The molecule has 3 aromatic carbocycles. The molecular formula is C33H39N3O6S. The number of methoxy groups -OCH3 is 1. The van der Waals surface area contributed by atoms with Gasteiger partial charge in [0.1, 0.15) is 11.4 Å². The molecule has 228 valence electrons. The fourth-order valence-corrected chi connectivity index (χ4v) is 6.99. The van der Waals surface area contributed by atoms with Gasteiger partial charge in [-0.3, -0.25) is 4.79 Å². The van der Waals surface area contributed by atoms with E-state index in [2.05, 4.69) is 0 Å². The summed E-state index contributed by atoms with van der Waals surface area (Å²) in [7, 11) is 1.13. The Balaban J connectivity index is 1.58. The summed E-state index contributed by atoms with van der Waals surface area (Å²) in [6.07, 6.45) is -0.551. The van der Waals surface area contributed by atoms with Gasteiger partial charge in [0.05, 0.1) is 37.4 Å². The number of rotatable bonds is 7. The second-order valence-electron chi connectivity index (χ2n) is 11.2. The molecule has 2 heterocycles. The molecule has 1 amide bonds. The molecular weight excluding hydrogens is 566 g/mol. The first-order valence-electron chi connectivity index (χ1n) is 14.4. The maximum atomic E-state index is 14.5. The fourth-order valence-electron chi connectivity index (χ4n) is 5.80. The van der Waals surface area contributed by atoms with E-state index in [1.165, 1.54) is 30.6 Å². The monoisotopic (exact) mass is 605 g/mol. The lowest BCUT2D eigenvalue weighted by molar-refractivity contribution is -0.0147. The lowest BCUT2D eigenvalue weighted by Crippen LogP contribution is -2.48. The van der Waals surface area contributed by atoms with E-state index in [0.29, 0.717) is 11.4 Å². The van der Waals surface area contributed by atoms with Gasteiger partial charge in [-0.15, -0.1) is 0 Å². The average molecular weight is 606 g/mol. The summed E-state index contributed by atoms with van der Waals surface area (Å²) in [5, 5.41) is 11.2. The Morgan fingerprint density at radius 3 is 2.44 bits per heavy atom. The Morgan fingerprint density at radius 1 is 1.07 bits per heavy atom. The highest BCUT2D eigenvalue weighted by Gasteiger charge is 2.34. The smallest absolute Gasteiger partial charge is 0.271 e. The van der Waals surface area contributed by atoms with Crippen LogP contribution in [0.5, 0.6) is 5.75 Å². The lowest BCUT2D eigenvalue weighted by Gasteiger charge is -2.35. The number of hydrogen-bond donors (Lipinski definition) is 1. The maximum Gasteiger partial charge on any atom is 0.271 e. The van der Waals surface area contributed by atoms with Crippen LogP contribution >= 0.6 is 0 Å². The zero-order chi connectivity index (χ0) is 30.9. The maximum absolute atomic E-state index is 14.5. The first-order valence-corrected chi connectivity index (χ1v) is 15.8. The second kappa shape index (κ2) is 12.5. The van der Waals surface area contributed by atoms with Crippen LogP contribution in [0.3, 0.4) is 0 Å². The van der Waals surface area contributed by atoms with E-state index in [9.17, 15) is 18.3 Å². The molecule has 0 aliphatic carbocycles. The molecule has 0 saturated heterocycles. The van der Waals surface area contributed by atoms with E-state index >= 15 is 0 Å². The van der Waals surface area contributed by atoms with Crippen LogP contribution in [-0.4, -0.2) is 79.2 Å². The number of carbonyl (C=O) groups is 1. The Hall–Kier alpha value is -3.70. The number of sulfonamides is 1. The van der Waals surface area contributed by atoms with E-state index < -0.39 is 22.2 Å². The van der Waals surface area contributed by atoms with Gasteiger partial charge in [-0.2, -0.15) is 4.31 Å². The molecule has 0 saturated carbocycles. The van der Waals surface area contributed by atoms with Gasteiger partial charge in [-0.1, -0.05) is 49.4 Å². The predicted octanol–water partition coefficient (Wildman–Crippen LogP) is 4.53. The van der Waals surface area contributed by atoms with Crippen molar-refractivity contribution in [1.29, 1.82) is 0 Å². The lowest BCUT2D eigenvalue weighted by atomic mass is 9.96.